The van der Waals surface area contributed by atoms with Crippen molar-refractivity contribution in [2.45, 2.75) is 122 Å². The van der Waals surface area contributed by atoms with Crippen molar-refractivity contribution < 1.29 is 78.3 Å². The number of nitrogens with one attached hydrogen (secondary N) is 1. The summed E-state index contributed by atoms with van der Waals surface area (Å²) in [4.78, 5) is 69.5. The summed E-state index contributed by atoms with van der Waals surface area (Å²) in [5.41, 5.74) is 10.1. The fraction of sp³-hybridized carbons (Fsp3) is 0.492. The number of carbonyl (C=O) groups is 4. The summed E-state index contributed by atoms with van der Waals surface area (Å²) in [7, 11) is 2.77. The number of carbonyl (C=O) groups excluding carboxylic acids is 3. The molecule has 84 heavy (non-hydrogen) atoms. The molecule has 4 heterocycles. The van der Waals surface area contributed by atoms with E-state index in [2.05, 4.69) is 10.2 Å². The monoisotopic (exact) mass is 1170 g/mol. The van der Waals surface area contributed by atoms with E-state index in [0.717, 1.165) is 32.1 Å². The van der Waals surface area contributed by atoms with Gasteiger partial charge < -0.3 is 80.9 Å². The van der Waals surface area contributed by atoms with Gasteiger partial charge in [0.1, 0.15) is 34.6 Å². The van der Waals surface area contributed by atoms with E-state index in [1.54, 1.807) is 23.4 Å². The lowest BCUT2D eigenvalue weighted by Crippen LogP contribution is -2.60. The zero-order valence-electron chi connectivity index (χ0n) is 48.3. The third-order valence-corrected chi connectivity index (χ3v) is 16.6. The highest BCUT2D eigenvalue weighted by atomic mass is 19.1. The Morgan fingerprint density at radius 3 is 2.21 bits per heavy atom. The number of Topliss-reactive ketones (excluding diaryl/α,β-unsaturated/α-hetero) is 1. The van der Waals surface area contributed by atoms with Crippen LogP contribution < -0.4 is 36.6 Å². The number of fused-ring (bicyclic) bond motifs is 4. The van der Waals surface area contributed by atoms with Crippen LogP contribution in [0.2, 0.25) is 0 Å². The summed E-state index contributed by atoms with van der Waals surface area (Å²) in [6.45, 7) is 13.0. The van der Waals surface area contributed by atoms with E-state index >= 15 is 4.39 Å². The number of rotatable bonds is 21. The van der Waals surface area contributed by atoms with Gasteiger partial charge in [-0.25, -0.2) is 9.18 Å². The van der Waals surface area contributed by atoms with Crippen LogP contribution in [0.5, 0.6) is 28.7 Å². The predicted molar refractivity (Wildman–Crippen MR) is 310 cm³/mol. The van der Waals surface area contributed by atoms with Gasteiger partial charge in [-0.15, -0.1) is 0 Å². The molecule has 1 saturated carbocycles. The minimum Gasteiger partial charge on any atom is -0.516 e. The number of carboxylic acids is 1. The number of allylic oxidation sites excluding steroid dienone is 2. The predicted octanol–water partition coefficient (Wildman–Crippen LogP) is 4.45. The molecule has 24 nitrogen and oxygen atoms in total. The molecular formula is C59H75FN8O16. The number of benzene rings is 3. The van der Waals surface area contributed by atoms with E-state index < -0.39 is 112 Å². The van der Waals surface area contributed by atoms with Crippen LogP contribution in [0, 0.1) is 24.6 Å². The number of aliphatic hydroxyl groups is 3. The second-order valence-electron chi connectivity index (χ2n) is 22.6. The number of nitrogens with two attached hydrogens (primary N) is 2. The zero-order chi connectivity index (χ0) is 61.5. The van der Waals surface area contributed by atoms with Crippen LogP contribution in [0.25, 0.3) is 21.7 Å². The summed E-state index contributed by atoms with van der Waals surface area (Å²) in [5, 5.41) is 86.1. The van der Waals surface area contributed by atoms with Crippen molar-refractivity contribution in [3.05, 3.63) is 86.7 Å². The van der Waals surface area contributed by atoms with Gasteiger partial charge in [-0.1, -0.05) is 32.1 Å². The highest BCUT2D eigenvalue weighted by molar-refractivity contribution is 6.24. The van der Waals surface area contributed by atoms with Gasteiger partial charge in [0, 0.05) is 93.4 Å². The van der Waals surface area contributed by atoms with Crippen LogP contribution in [-0.4, -0.2) is 182 Å². The molecule has 2 saturated heterocycles. The van der Waals surface area contributed by atoms with Crippen LogP contribution in [0.3, 0.4) is 0 Å². The van der Waals surface area contributed by atoms with Crippen molar-refractivity contribution in [3.63, 3.8) is 0 Å². The number of aromatic carboxylic acids is 1. The van der Waals surface area contributed by atoms with Crippen molar-refractivity contribution in [2.75, 3.05) is 63.7 Å². The molecule has 4 aromatic rings. The molecule has 0 bridgehead atoms. The van der Waals surface area contributed by atoms with Crippen LogP contribution >= 0.6 is 0 Å². The first kappa shape index (κ1) is 62.2. The Balaban J connectivity index is 1.01. The topological polar surface area (TPSA) is 355 Å². The summed E-state index contributed by atoms with van der Waals surface area (Å²) in [5.74, 6) is -7.21. The van der Waals surface area contributed by atoms with Gasteiger partial charge in [0.2, 0.25) is 11.2 Å². The Hall–Kier alpha value is -7.81. The SMILES string of the molecule is COc1c(N2CCN(C3CCN(/N=C/c4c(NC(=O)/C(C)=C\C=C\[C@H](C)[C@H](O)[C@@H](N)[C@@H](O)[C@@H](N)[C@H](OC(C)=O)[C@H](C)[C@H](/C=C/O)OC)c(O)c5c(O)c(C)c6c(c5c4O)C(=O)C(C)(C)O6)C3)CC2)c(F)cc2c(=O)c(C(=O)O)cn(C3CC3)c12. The number of nitrogens with zero attached hydrogens (tertiary/aromatic N) is 5. The smallest absolute Gasteiger partial charge is 0.341 e. The maximum Gasteiger partial charge on any atom is 0.341 e. The number of halogens is 1. The molecule has 454 valence electrons. The number of hydrogen-bond donors (Lipinski definition) is 10. The number of aromatic hydroxyl groups is 3. The van der Waals surface area contributed by atoms with Crippen molar-refractivity contribution in [3.8, 4) is 28.7 Å². The molecule has 1 aliphatic carbocycles. The van der Waals surface area contributed by atoms with Gasteiger partial charge in [0.05, 0.1) is 89.6 Å². The van der Waals surface area contributed by atoms with E-state index in [1.807, 2.05) is 4.90 Å². The molecule has 4 aliphatic rings. The fourth-order valence-corrected chi connectivity index (χ4v) is 11.6. The third-order valence-electron chi connectivity index (χ3n) is 16.6. The number of phenolic OH excluding ortho intramolecular Hbond substituents is 3. The summed E-state index contributed by atoms with van der Waals surface area (Å²) in [6, 6.07) is -1.69. The first-order valence-corrected chi connectivity index (χ1v) is 27.7. The van der Waals surface area contributed by atoms with Crippen molar-refractivity contribution in [1.82, 2.24) is 14.5 Å². The molecular weight excluding hydrogens is 1100 g/mol. The Labute approximate surface area is 483 Å². The van der Waals surface area contributed by atoms with Crippen LogP contribution in [0.4, 0.5) is 15.8 Å². The minimum absolute atomic E-state index is 0.0117. The first-order valence-electron chi connectivity index (χ1n) is 27.7. The molecule has 1 unspecified atom stereocenters. The van der Waals surface area contributed by atoms with E-state index in [4.69, 9.17) is 35.5 Å². The molecule has 0 spiro atoms. The standard InChI is InChI=1S/C59H75FN8O16/c1-27(47(71)42(61)52(76)43(62)54(83-31(5)70)29(3)38(81-8)16-22-69)11-10-12-28(2)57(78)64-44-35(50(74)39-40(51(44)75)48(72)30(4)53-41(39)56(77)59(6,7)84-53)24-63-67-17-15-33(25-67)65-18-20-66(21-19-65)46-37(60)23-34-45(55(46)82-9)68(32-13-14-32)26-36(49(34)73)58(79)80/h10-12,16,22-24,26-27,29,32-33,38,42-43,47,52,54,69,71-72,74-76H,13-15,17-21,25,61-62H2,1-9H3,(H,64,78)(H,79,80)/b11-10+,22-16+,28-12-,63-24+/t27-,29+,33?,38-,42+,43+,47-,52+,54+/m0/s1. The Bertz CT molecular complexity index is 3440. The normalized spacial score (nSPS) is 20.5. The molecule has 3 aromatic carbocycles. The number of carboxylic acid groups (broad SMARTS) is 1. The van der Waals surface area contributed by atoms with Gasteiger partial charge in [-0.2, -0.15) is 5.10 Å². The molecule has 25 heteroatoms. The molecule has 12 N–H and O–H groups in total. The average molecular weight is 1170 g/mol. The number of hydrazone groups is 1. The number of aromatic nitrogens is 1. The van der Waals surface area contributed by atoms with Crippen molar-refractivity contribution in [1.29, 1.82) is 0 Å². The van der Waals surface area contributed by atoms with Crippen LogP contribution in [0.1, 0.15) is 98.7 Å². The van der Waals surface area contributed by atoms with Crippen LogP contribution in [-0.2, 0) is 19.1 Å². The number of anilines is 2. The summed E-state index contributed by atoms with van der Waals surface area (Å²) >= 11 is 0. The third kappa shape index (κ3) is 11.8. The number of ether oxygens (including phenoxy) is 4. The maximum atomic E-state index is 16.2. The lowest BCUT2D eigenvalue weighted by molar-refractivity contribution is -0.155. The molecule has 1 amide bonds. The quantitative estimate of drug-likeness (QED) is 0.0105. The average Bonchev–Trinajstić information content (AvgIpc) is 2.04. The summed E-state index contributed by atoms with van der Waals surface area (Å²) in [6.07, 6.45) is 6.21. The van der Waals surface area contributed by atoms with E-state index in [9.17, 15) is 59.7 Å². The Morgan fingerprint density at radius 2 is 1.61 bits per heavy atom. The number of amides is 1. The number of pyridine rings is 1. The summed E-state index contributed by atoms with van der Waals surface area (Å²) < 4.78 is 40.5. The van der Waals surface area contributed by atoms with Gasteiger partial charge in [-0.05, 0) is 59.1 Å². The number of ketones is 1. The van der Waals surface area contributed by atoms with E-state index in [1.165, 1.54) is 78.6 Å². The van der Waals surface area contributed by atoms with Gasteiger partial charge in [-0.3, -0.25) is 29.1 Å². The maximum absolute atomic E-state index is 16.2. The fourth-order valence-electron chi connectivity index (χ4n) is 11.6. The highest BCUT2D eigenvalue weighted by Gasteiger charge is 2.45. The van der Waals surface area contributed by atoms with Crippen molar-refractivity contribution in [2.24, 2.45) is 28.4 Å². The van der Waals surface area contributed by atoms with Gasteiger partial charge in [0.15, 0.2) is 22.9 Å². The number of phenols is 3. The number of piperazine rings is 1. The molecule has 9 atom stereocenters. The Kier molecular flexibility index (Phi) is 18.4. The lowest BCUT2D eigenvalue weighted by atomic mass is 9.84. The Morgan fingerprint density at radius 1 is 0.929 bits per heavy atom. The number of methoxy groups -OCH3 is 2. The molecule has 1 aromatic heterocycles. The molecule has 3 aliphatic heterocycles. The first-order chi connectivity index (χ1) is 39.7. The number of hydrogen-bond acceptors (Lipinski definition) is 21. The zero-order valence-corrected chi connectivity index (χ0v) is 48.3. The number of esters is 1. The van der Waals surface area contributed by atoms with Crippen molar-refractivity contribution >= 4 is 62.9 Å². The van der Waals surface area contributed by atoms with Crippen LogP contribution in [0.15, 0.2) is 58.3 Å². The minimum atomic E-state index is -1.61. The van der Waals surface area contributed by atoms with Gasteiger partial charge in [0.25, 0.3) is 5.91 Å². The molecule has 0 radical (unpaired) electrons. The molecule has 3 fully saturated rings. The second-order valence-corrected chi connectivity index (χ2v) is 22.6. The highest BCUT2D eigenvalue weighted by Crippen LogP contribution is 2.55. The lowest BCUT2D eigenvalue weighted by Gasteiger charge is -2.39. The van der Waals surface area contributed by atoms with Gasteiger partial charge >= 0.3 is 11.9 Å². The molecule has 8 rings (SSSR count). The largest absolute Gasteiger partial charge is 0.516 e. The number of aliphatic hydroxyl groups excluding tert-OH is 3. The second kappa shape index (κ2) is 24.8. The van der Waals surface area contributed by atoms with E-state index in [0.29, 0.717) is 51.2 Å². The van der Waals surface area contributed by atoms with E-state index in [-0.39, 0.29) is 73.4 Å².